The first-order valence-corrected chi connectivity index (χ1v) is 9.66. The number of benzene rings is 2. The van der Waals surface area contributed by atoms with Crippen molar-refractivity contribution >= 4 is 36.2 Å². The molecular weight excluding hydrogens is 510 g/mol. The molecule has 0 fully saturated rings. The van der Waals surface area contributed by atoms with Gasteiger partial charge in [-0.05, 0) is 46.2 Å². The summed E-state index contributed by atoms with van der Waals surface area (Å²) in [7, 11) is 7.73. The fourth-order valence-corrected chi connectivity index (χ4v) is 2.70. The fourth-order valence-electron chi connectivity index (χ4n) is 2.70. The zero-order valence-corrected chi connectivity index (χ0v) is 24.7. The molecule has 7 heteroatoms. The first-order chi connectivity index (χ1) is 12.6. The van der Waals surface area contributed by atoms with Crippen LogP contribution in [-0.2, 0) is 37.0 Å². The molecule has 2 aromatic rings. The van der Waals surface area contributed by atoms with Gasteiger partial charge in [-0.3, -0.25) is 0 Å². The SMILES string of the molecule is CN(C)c1cc(C(C)(C)C)ccc1O.CN(C)c1cc(C(C)(C)C)ccc1O.Cl.Cl.[Zr]. The Hall–Kier alpha value is -0.897. The molecule has 2 rings (SSSR count). The van der Waals surface area contributed by atoms with Crippen molar-refractivity contribution in [2.24, 2.45) is 0 Å². The molecule has 0 amide bonds. The summed E-state index contributed by atoms with van der Waals surface area (Å²) in [6.07, 6.45) is 0. The van der Waals surface area contributed by atoms with Crippen molar-refractivity contribution in [3.05, 3.63) is 47.5 Å². The smallest absolute Gasteiger partial charge is 0.138 e. The van der Waals surface area contributed by atoms with Gasteiger partial charge in [-0.15, -0.1) is 24.8 Å². The average molecular weight is 551 g/mol. The maximum Gasteiger partial charge on any atom is 0.138 e. The van der Waals surface area contributed by atoms with Crippen LogP contribution >= 0.6 is 24.8 Å². The van der Waals surface area contributed by atoms with Crippen LogP contribution in [0.4, 0.5) is 11.4 Å². The molecule has 0 spiro atoms. The zero-order chi connectivity index (χ0) is 21.9. The van der Waals surface area contributed by atoms with Gasteiger partial charge in [0.05, 0.1) is 11.4 Å². The number of phenolic OH excluding ortho intramolecular Hbond substituents is 2. The van der Waals surface area contributed by atoms with E-state index in [1.807, 2.05) is 62.3 Å². The van der Waals surface area contributed by atoms with Crippen LogP contribution in [0.25, 0.3) is 0 Å². The van der Waals surface area contributed by atoms with E-state index in [1.165, 1.54) is 11.1 Å². The summed E-state index contributed by atoms with van der Waals surface area (Å²) >= 11 is 0. The Labute approximate surface area is 221 Å². The van der Waals surface area contributed by atoms with Gasteiger partial charge >= 0.3 is 0 Å². The fraction of sp³-hybridized carbons (Fsp3) is 0.500. The molecule has 0 heterocycles. The predicted molar refractivity (Wildman–Crippen MR) is 137 cm³/mol. The average Bonchev–Trinajstić information content (AvgIpc) is 2.53. The predicted octanol–water partition coefficient (Wildman–Crippen LogP) is 6.35. The van der Waals surface area contributed by atoms with Gasteiger partial charge in [-0.1, -0.05) is 53.7 Å². The van der Waals surface area contributed by atoms with Crippen molar-refractivity contribution in [1.29, 1.82) is 0 Å². The molecule has 0 atom stereocenters. The minimum atomic E-state index is 0. The molecule has 0 aliphatic heterocycles. The van der Waals surface area contributed by atoms with Crippen LogP contribution in [0, 0.1) is 0 Å². The molecule has 0 aliphatic carbocycles. The normalized spacial score (nSPS) is 10.4. The molecular formula is C24H40Cl2N2O2Zr. The first-order valence-electron chi connectivity index (χ1n) is 9.66. The van der Waals surface area contributed by atoms with E-state index >= 15 is 0 Å². The van der Waals surface area contributed by atoms with Crippen molar-refractivity contribution < 1.29 is 36.4 Å². The van der Waals surface area contributed by atoms with Gasteiger partial charge in [0, 0.05) is 54.4 Å². The Bertz CT molecular complexity index is 732. The Balaban J connectivity index is -0.000000461. The number of aromatic hydroxyl groups is 2. The largest absolute Gasteiger partial charge is 0.506 e. The molecule has 2 aromatic carbocycles. The van der Waals surface area contributed by atoms with E-state index in [0.717, 1.165) is 11.4 Å². The molecule has 0 unspecified atom stereocenters. The zero-order valence-electron chi connectivity index (χ0n) is 20.6. The Morgan fingerprint density at radius 1 is 0.581 bits per heavy atom. The van der Waals surface area contributed by atoms with Gasteiger partial charge in [0.1, 0.15) is 11.5 Å². The summed E-state index contributed by atoms with van der Waals surface area (Å²) in [5.41, 5.74) is 4.46. The van der Waals surface area contributed by atoms with E-state index in [0.29, 0.717) is 11.5 Å². The van der Waals surface area contributed by atoms with Crippen molar-refractivity contribution in [3.63, 3.8) is 0 Å². The number of anilines is 2. The second kappa shape index (κ2) is 13.6. The Morgan fingerprint density at radius 3 is 1.03 bits per heavy atom. The number of hydrogen-bond acceptors (Lipinski definition) is 4. The molecule has 4 nitrogen and oxygen atoms in total. The van der Waals surface area contributed by atoms with Gasteiger partial charge in [-0.25, -0.2) is 0 Å². The van der Waals surface area contributed by atoms with Crippen LogP contribution in [0.5, 0.6) is 11.5 Å². The third-order valence-corrected chi connectivity index (χ3v) is 4.65. The molecule has 0 aromatic heterocycles. The van der Waals surface area contributed by atoms with Crippen LogP contribution in [0.1, 0.15) is 52.7 Å². The van der Waals surface area contributed by atoms with Crippen molar-refractivity contribution in [2.45, 2.75) is 52.4 Å². The summed E-state index contributed by atoms with van der Waals surface area (Å²) in [4.78, 5) is 3.84. The van der Waals surface area contributed by atoms with E-state index in [2.05, 4.69) is 41.5 Å². The Morgan fingerprint density at radius 2 is 0.839 bits per heavy atom. The number of nitrogens with zero attached hydrogens (tertiary/aromatic N) is 2. The van der Waals surface area contributed by atoms with Crippen molar-refractivity contribution in [3.8, 4) is 11.5 Å². The maximum absolute atomic E-state index is 9.63. The summed E-state index contributed by atoms with van der Waals surface area (Å²) < 4.78 is 0. The number of rotatable bonds is 2. The molecule has 0 saturated heterocycles. The number of halogens is 2. The van der Waals surface area contributed by atoms with Gasteiger partial charge in [0.15, 0.2) is 0 Å². The molecule has 0 aliphatic rings. The first kappa shape index (κ1) is 34.7. The monoisotopic (exact) mass is 548 g/mol. The quantitative estimate of drug-likeness (QED) is 0.457. The summed E-state index contributed by atoms with van der Waals surface area (Å²) in [6, 6.07) is 11.5. The van der Waals surface area contributed by atoms with E-state index in [1.54, 1.807) is 12.1 Å². The number of hydrogen-bond donors (Lipinski definition) is 2. The summed E-state index contributed by atoms with van der Waals surface area (Å²) in [5, 5.41) is 19.3. The third-order valence-electron chi connectivity index (χ3n) is 4.65. The van der Waals surface area contributed by atoms with E-state index < -0.39 is 0 Å². The molecule has 0 saturated carbocycles. The van der Waals surface area contributed by atoms with Gasteiger partial charge in [0.2, 0.25) is 0 Å². The van der Waals surface area contributed by atoms with Crippen molar-refractivity contribution in [1.82, 2.24) is 0 Å². The van der Waals surface area contributed by atoms with Crippen molar-refractivity contribution in [2.75, 3.05) is 38.0 Å². The number of phenols is 2. The molecule has 0 bridgehead atoms. The van der Waals surface area contributed by atoms with Gasteiger partial charge < -0.3 is 20.0 Å². The summed E-state index contributed by atoms with van der Waals surface area (Å²) in [6.45, 7) is 13.0. The molecule has 2 N–H and O–H groups in total. The third kappa shape index (κ3) is 10.5. The standard InChI is InChI=1S/2C12H19NO.2ClH.Zr/c2*1-12(2,3)9-6-7-11(14)10(8-9)13(4)5;;;/h2*6-8,14H,1-5H3;2*1H;. The van der Waals surface area contributed by atoms with Crippen LogP contribution in [-0.4, -0.2) is 38.4 Å². The van der Waals surface area contributed by atoms with Crippen LogP contribution in [0.2, 0.25) is 0 Å². The molecule has 31 heavy (non-hydrogen) atoms. The van der Waals surface area contributed by atoms with Gasteiger partial charge in [0.25, 0.3) is 0 Å². The van der Waals surface area contributed by atoms with E-state index in [9.17, 15) is 10.2 Å². The Kier molecular flexibility index (Phi) is 15.2. The molecule has 176 valence electrons. The molecule has 0 radical (unpaired) electrons. The van der Waals surface area contributed by atoms with E-state index in [4.69, 9.17) is 0 Å². The minimum Gasteiger partial charge on any atom is -0.506 e. The van der Waals surface area contributed by atoms with Crippen LogP contribution < -0.4 is 9.80 Å². The second-order valence-electron chi connectivity index (χ2n) is 9.70. The van der Waals surface area contributed by atoms with Crippen LogP contribution in [0.3, 0.4) is 0 Å². The summed E-state index contributed by atoms with van der Waals surface area (Å²) in [5.74, 6) is 0.672. The van der Waals surface area contributed by atoms with Gasteiger partial charge in [-0.2, -0.15) is 0 Å². The second-order valence-corrected chi connectivity index (χ2v) is 9.70. The minimum absolute atomic E-state index is 0. The van der Waals surface area contributed by atoms with Crippen LogP contribution in [0.15, 0.2) is 36.4 Å². The maximum atomic E-state index is 9.63. The topological polar surface area (TPSA) is 46.9 Å². The van der Waals surface area contributed by atoms with E-state index in [-0.39, 0.29) is 61.8 Å².